The quantitative estimate of drug-likeness (QED) is 0.453. The van der Waals surface area contributed by atoms with E-state index in [-0.39, 0.29) is 17.1 Å². The standard InChI is InChI=1S/C8H18N.Cu/c1-3-5-7-9-8-6-4-2;/h3-8H2,1-2H3;/q-1;+1. The summed E-state index contributed by atoms with van der Waals surface area (Å²) in [6, 6.07) is 0. The Morgan fingerprint density at radius 3 is 1.60 bits per heavy atom. The van der Waals surface area contributed by atoms with Gasteiger partial charge in [0.1, 0.15) is 0 Å². The SMILES string of the molecule is CCCC[N-]CCCC.[Cu+]. The fraction of sp³-hybridized carbons (Fsp3) is 1.00. The van der Waals surface area contributed by atoms with E-state index in [0.717, 1.165) is 13.1 Å². The Balaban J connectivity index is 0. The average Bonchev–Trinajstić information content (AvgIpc) is 1.89. The van der Waals surface area contributed by atoms with Gasteiger partial charge < -0.3 is 5.32 Å². The van der Waals surface area contributed by atoms with E-state index in [2.05, 4.69) is 19.2 Å². The molecule has 0 N–H and O–H groups in total. The first kappa shape index (κ1) is 13.1. The van der Waals surface area contributed by atoms with Gasteiger partial charge in [0, 0.05) is 0 Å². The van der Waals surface area contributed by atoms with Gasteiger partial charge >= 0.3 is 17.1 Å². The minimum Gasteiger partial charge on any atom is -0.662 e. The third-order valence-corrected chi connectivity index (χ3v) is 1.34. The summed E-state index contributed by atoms with van der Waals surface area (Å²) in [4.78, 5) is 0. The van der Waals surface area contributed by atoms with E-state index in [9.17, 15) is 0 Å². The van der Waals surface area contributed by atoms with E-state index < -0.39 is 0 Å². The second-order valence-electron chi connectivity index (χ2n) is 2.38. The maximum Gasteiger partial charge on any atom is 1.00 e. The Morgan fingerprint density at radius 1 is 0.900 bits per heavy atom. The van der Waals surface area contributed by atoms with Crippen molar-refractivity contribution >= 4 is 0 Å². The summed E-state index contributed by atoms with van der Waals surface area (Å²) >= 11 is 0. The molecule has 10 heavy (non-hydrogen) atoms. The van der Waals surface area contributed by atoms with Gasteiger partial charge in [-0.05, 0) is 0 Å². The predicted molar refractivity (Wildman–Crippen MR) is 42.9 cm³/mol. The fourth-order valence-electron chi connectivity index (χ4n) is 0.652. The van der Waals surface area contributed by atoms with Crippen molar-refractivity contribution in [1.82, 2.24) is 0 Å². The first-order valence-corrected chi connectivity index (χ1v) is 4.05. The molecule has 0 fully saturated rings. The van der Waals surface area contributed by atoms with Crippen molar-refractivity contribution in [3.63, 3.8) is 0 Å². The summed E-state index contributed by atoms with van der Waals surface area (Å²) in [5, 5.41) is 4.35. The molecule has 0 aliphatic carbocycles. The Kier molecular flexibility index (Phi) is 16.0. The first-order chi connectivity index (χ1) is 4.41. The number of unbranched alkanes of at least 4 members (excludes halogenated alkanes) is 2. The van der Waals surface area contributed by atoms with E-state index in [1.54, 1.807) is 0 Å². The van der Waals surface area contributed by atoms with E-state index in [0.29, 0.717) is 0 Å². The molecule has 0 aromatic rings. The first-order valence-electron chi connectivity index (χ1n) is 4.05. The second-order valence-corrected chi connectivity index (χ2v) is 2.38. The molecule has 0 atom stereocenters. The van der Waals surface area contributed by atoms with Crippen LogP contribution in [0.25, 0.3) is 5.32 Å². The second kappa shape index (κ2) is 12.2. The zero-order chi connectivity index (χ0) is 6.95. The van der Waals surface area contributed by atoms with Crippen molar-refractivity contribution in [3.8, 4) is 0 Å². The molecule has 0 heterocycles. The Hall–Kier alpha value is 0.479. The van der Waals surface area contributed by atoms with Crippen molar-refractivity contribution in [1.29, 1.82) is 0 Å². The minimum absolute atomic E-state index is 0. The van der Waals surface area contributed by atoms with Gasteiger partial charge in [-0.3, -0.25) is 0 Å². The summed E-state index contributed by atoms with van der Waals surface area (Å²) in [5.74, 6) is 0. The molecule has 0 aromatic carbocycles. The molecular weight excluding hydrogens is 174 g/mol. The topological polar surface area (TPSA) is 14.1 Å². The Morgan fingerprint density at radius 2 is 1.30 bits per heavy atom. The Bertz CT molecular complexity index is 42.5. The largest absolute Gasteiger partial charge is 1.00 e. The molecular formula is C8H18CuN. The monoisotopic (exact) mass is 191 g/mol. The average molecular weight is 192 g/mol. The number of nitrogens with zero attached hydrogens (tertiary/aromatic N) is 1. The van der Waals surface area contributed by atoms with Gasteiger partial charge in [-0.1, -0.05) is 39.5 Å². The van der Waals surface area contributed by atoms with Crippen LogP contribution in [0.5, 0.6) is 0 Å². The molecule has 0 unspecified atom stereocenters. The minimum atomic E-state index is 0. The molecule has 0 saturated heterocycles. The zero-order valence-corrected chi connectivity index (χ0v) is 7.93. The smallest absolute Gasteiger partial charge is 0.662 e. The van der Waals surface area contributed by atoms with Gasteiger partial charge in [-0.2, -0.15) is 0 Å². The molecule has 0 aromatic heterocycles. The van der Waals surface area contributed by atoms with E-state index in [4.69, 9.17) is 0 Å². The molecule has 66 valence electrons. The van der Waals surface area contributed by atoms with Crippen molar-refractivity contribution in [2.24, 2.45) is 0 Å². The van der Waals surface area contributed by atoms with Crippen molar-refractivity contribution < 1.29 is 17.1 Å². The van der Waals surface area contributed by atoms with Crippen LogP contribution < -0.4 is 0 Å². The van der Waals surface area contributed by atoms with Gasteiger partial charge in [-0.15, -0.1) is 13.1 Å². The molecule has 0 saturated carbocycles. The number of hydrogen-bond donors (Lipinski definition) is 0. The van der Waals surface area contributed by atoms with E-state index in [1.807, 2.05) is 0 Å². The fourth-order valence-corrected chi connectivity index (χ4v) is 0.652. The maximum atomic E-state index is 4.35. The van der Waals surface area contributed by atoms with Crippen LogP contribution in [0.1, 0.15) is 39.5 Å². The van der Waals surface area contributed by atoms with Crippen LogP contribution in [0.4, 0.5) is 0 Å². The molecule has 2 heteroatoms. The zero-order valence-electron chi connectivity index (χ0n) is 6.99. The van der Waals surface area contributed by atoms with E-state index in [1.165, 1.54) is 25.7 Å². The Labute approximate surface area is 75.4 Å². The van der Waals surface area contributed by atoms with Crippen molar-refractivity contribution in [2.75, 3.05) is 13.1 Å². The summed E-state index contributed by atoms with van der Waals surface area (Å²) in [5.41, 5.74) is 0. The third-order valence-electron chi connectivity index (χ3n) is 1.34. The molecule has 0 amide bonds. The van der Waals surface area contributed by atoms with Crippen LogP contribution in [0, 0.1) is 0 Å². The van der Waals surface area contributed by atoms with Gasteiger partial charge in [0.25, 0.3) is 0 Å². The number of hydrogen-bond acceptors (Lipinski definition) is 0. The van der Waals surface area contributed by atoms with E-state index >= 15 is 0 Å². The van der Waals surface area contributed by atoms with Crippen molar-refractivity contribution in [2.45, 2.75) is 39.5 Å². The normalized spacial score (nSPS) is 9.00. The molecule has 0 aliphatic rings. The van der Waals surface area contributed by atoms with Gasteiger partial charge in [0.2, 0.25) is 0 Å². The summed E-state index contributed by atoms with van der Waals surface area (Å²) < 4.78 is 0. The predicted octanol–water partition coefficient (Wildman–Crippen LogP) is 2.96. The van der Waals surface area contributed by atoms with Crippen molar-refractivity contribution in [3.05, 3.63) is 5.32 Å². The maximum absolute atomic E-state index is 4.35. The molecule has 0 rings (SSSR count). The van der Waals surface area contributed by atoms with Crippen LogP contribution in [-0.2, 0) is 17.1 Å². The molecule has 0 spiro atoms. The third kappa shape index (κ3) is 11.3. The number of rotatable bonds is 6. The van der Waals surface area contributed by atoms with Gasteiger partial charge in [0.05, 0.1) is 0 Å². The summed E-state index contributed by atoms with van der Waals surface area (Å²) in [7, 11) is 0. The van der Waals surface area contributed by atoms with Crippen LogP contribution in [-0.4, -0.2) is 13.1 Å². The van der Waals surface area contributed by atoms with Crippen LogP contribution >= 0.6 is 0 Å². The molecule has 0 bridgehead atoms. The summed E-state index contributed by atoms with van der Waals surface area (Å²) in [6.07, 6.45) is 5.08. The molecule has 0 aliphatic heterocycles. The molecule has 1 nitrogen and oxygen atoms in total. The van der Waals surface area contributed by atoms with Crippen LogP contribution in [0.2, 0.25) is 0 Å². The van der Waals surface area contributed by atoms with Gasteiger partial charge in [-0.25, -0.2) is 0 Å². The molecule has 0 radical (unpaired) electrons. The van der Waals surface area contributed by atoms with Crippen LogP contribution in [0.15, 0.2) is 0 Å². The van der Waals surface area contributed by atoms with Gasteiger partial charge in [0.15, 0.2) is 0 Å². The summed E-state index contributed by atoms with van der Waals surface area (Å²) in [6.45, 7) is 6.57. The van der Waals surface area contributed by atoms with Crippen LogP contribution in [0.3, 0.4) is 0 Å².